The topological polar surface area (TPSA) is 49.4 Å². The van der Waals surface area contributed by atoms with E-state index in [0.717, 1.165) is 55.5 Å². The van der Waals surface area contributed by atoms with Crippen molar-refractivity contribution in [3.63, 3.8) is 0 Å². The van der Waals surface area contributed by atoms with Crippen LogP contribution in [0.15, 0.2) is 36.4 Å². The lowest BCUT2D eigenvalue weighted by molar-refractivity contribution is 0.0712. The molecule has 2 amide bonds. The van der Waals surface area contributed by atoms with Gasteiger partial charge in [0, 0.05) is 36.8 Å². The van der Waals surface area contributed by atoms with E-state index in [2.05, 4.69) is 29.4 Å². The molecule has 1 heterocycles. The fourth-order valence-electron chi connectivity index (χ4n) is 4.79. The molecule has 4 rings (SSSR count). The van der Waals surface area contributed by atoms with Crippen LogP contribution in [0.2, 0.25) is 0 Å². The SMILES string of the molecule is C#Cc1ccc(C2CCN(C(=O)c3cc(C(=O)NC)c(C4CCC4)cc3C)CC2)cc1. The maximum absolute atomic E-state index is 13.3. The summed E-state index contributed by atoms with van der Waals surface area (Å²) < 4.78 is 0. The maximum atomic E-state index is 13.3. The van der Waals surface area contributed by atoms with Gasteiger partial charge in [-0.05, 0) is 79.3 Å². The number of benzene rings is 2. The second-order valence-corrected chi connectivity index (χ2v) is 8.79. The van der Waals surface area contributed by atoms with Gasteiger partial charge in [0.25, 0.3) is 11.8 Å². The van der Waals surface area contributed by atoms with Crippen molar-refractivity contribution < 1.29 is 9.59 Å². The third-order valence-corrected chi connectivity index (χ3v) is 6.97. The highest BCUT2D eigenvalue weighted by Crippen LogP contribution is 2.39. The van der Waals surface area contributed by atoms with Crippen LogP contribution in [0.25, 0.3) is 0 Å². The zero-order chi connectivity index (χ0) is 22.0. The highest BCUT2D eigenvalue weighted by Gasteiger charge is 2.29. The molecule has 1 aliphatic carbocycles. The zero-order valence-electron chi connectivity index (χ0n) is 18.4. The summed E-state index contributed by atoms with van der Waals surface area (Å²) in [6.45, 7) is 3.43. The van der Waals surface area contributed by atoms with Crippen LogP contribution >= 0.6 is 0 Å². The van der Waals surface area contributed by atoms with Crippen LogP contribution in [-0.4, -0.2) is 36.9 Å². The van der Waals surface area contributed by atoms with Crippen molar-refractivity contribution in [3.05, 3.63) is 69.8 Å². The van der Waals surface area contributed by atoms with Gasteiger partial charge in [-0.1, -0.05) is 30.5 Å². The molecule has 0 bridgehead atoms. The summed E-state index contributed by atoms with van der Waals surface area (Å²) in [6.07, 6.45) is 10.8. The summed E-state index contributed by atoms with van der Waals surface area (Å²) >= 11 is 0. The molecule has 0 radical (unpaired) electrons. The van der Waals surface area contributed by atoms with E-state index < -0.39 is 0 Å². The van der Waals surface area contributed by atoms with Crippen molar-refractivity contribution in [2.45, 2.75) is 50.9 Å². The lowest BCUT2D eigenvalue weighted by Gasteiger charge is -2.33. The van der Waals surface area contributed by atoms with E-state index in [1.54, 1.807) is 7.05 Å². The van der Waals surface area contributed by atoms with Gasteiger partial charge in [0.1, 0.15) is 0 Å². The fourth-order valence-corrected chi connectivity index (χ4v) is 4.79. The molecule has 2 aliphatic rings. The summed E-state index contributed by atoms with van der Waals surface area (Å²) in [7, 11) is 1.65. The molecule has 0 spiro atoms. The second kappa shape index (κ2) is 8.98. The first-order valence-corrected chi connectivity index (χ1v) is 11.2. The largest absolute Gasteiger partial charge is 0.355 e. The van der Waals surface area contributed by atoms with Crippen molar-refractivity contribution in [1.82, 2.24) is 10.2 Å². The molecule has 31 heavy (non-hydrogen) atoms. The normalized spacial score (nSPS) is 17.0. The standard InChI is InChI=1S/C27H30N2O2/c1-4-19-8-10-20(11-9-19)21-12-14-29(15-13-21)27(31)23-17-25(26(30)28-3)24(16-18(23)2)22-6-5-7-22/h1,8-11,16-17,21-22H,5-7,12-15H2,2-3H3,(H,28,30). The lowest BCUT2D eigenvalue weighted by atomic mass is 9.77. The molecule has 0 atom stereocenters. The average Bonchev–Trinajstić information content (AvgIpc) is 2.77. The lowest BCUT2D eigenvalue weighted by Crippen LogP contribution is -2.38. The maximum Gasteiger partial charge on any atom is 0.254 e. The molecule has 4 heteroatoms. The Balaban J connectivity index is 1.50. The Morgan fingerprint density at radius 1 is 1.00 bits per heavy atom. The predicted octanol–water partition coefficient (Wildman–Crippen LogP) is 4.62. The van der Waals surface area contributed by atoms with Crippen LogP contribution in [0.1, 0.15) is 86.9 Å². The third-order valence-electron chi connectivity index (χ3n) is 6.97. The minimum Gasteiger partial charge on any atom is -0.355 e. The van der Waals surface area contributed by atoms with Crippen LogP contribution in [0.3, 0.4) is 0 Å². The first-order chi connectivity index (χ1) is 15.0. The first-order valence-electron chi connectivity index (χ1n) is 11.2. The molecule has 2 aromatic rings. The van der Waals surface area contributed by atoms with E-state index in [4.69, 9.17) is 6.42 Å². The van der Waals surface area contributed by atoms with Crippen LogP contribution in [-0.2, 0) is 0 Å². The smallest absolute Gasteiger partial charge is 0.254 e. The van der Waals surface area contributed by atoms with Gasteiger partial charge >= 0.3 is 0 Å². The van der Waals surface area contributed by atoms with Crippen molar-refractivity contribution in [3.8, 4) is 12.3 Å². The minimum absolute atomic E-state index is 0.0314. The van der Waals surface area contributed by atoms with Crippen LogP contribution in [0.5, 0.6) is 0 Å². The quantitative estimate of drug-likeness (QED) is 0.742. The number of amides is 2. The zero-order valence-corrected chi connectivity index (χ0v) is 18.4. The molecule has 1 saturated carbocycles. The highest BCUT2D eigenvalue weighted by atomic mass is 16.2. The Hall–Kier alpha value is -3.06. The van der Waals surface area contributed by atoms with E-state index in [0.29, 0.717) is 23.0 Å². The number of nitrogens with zero attached hydrogens (tertiary/aromatic N) is 1. The number of aryl methyl sites for hydroxylation is 1. The molecule has 1 aliphatic heterocycles. The third kappa shape index (κ3) is 4.23. The molecule has 160 valence electrons. The second-order valence-electron chi connectivity index (χ2n) is 8.79. The molecule has 1 saturated heterocycles. The van der Waals surface area contributed by atoms with E-state index >= 15 is 0 Å². The Morgan fingerprint density at radius 2 is 1.68 bits per heavy atom. The van der Waals surface area contributed by atoms with Gasteiger partial charge in [-0.2, -0.15) is 0 Å². The van der Waals surface area contributed by atoms with Gasteiger partial charge in [-0.3, -0.25) is 9.59 Å². The number of hydrogen-bond donors (Lipinski definition) is 1. The Morgan fingerprint density at radius 3 is 2.23 bits per heavy atom. The summed E-state index contributed by atoms with van der Waals surface area (Å²) in [5, 5.41) is 2.75. The Kier molecular flexibility index (Phi) is 6.13. The number of carbonyl (C=O) groups is 2. The van der Waals surface area contributed by atoms with Crippen molar-refractivity contribution in [1.29, 1.82) is 0 Å². The number of hydrogen-bond acceptors (Lipinski definition) is 2. The predicted molar refractivity (Wildman–Crippen MR) is 123 cm³/mol. The van der Waals surface area contributed by atoms with E-state index in [9.17, 15) is 9.59 Å². The summed E-state index contributed by atoms with van der Waals surface area (Å²) in [5.74, 6) is 3.46. The average molecular weight is 415 g/mol. The van der Waals surface area contributed by atoms with Crippen LogP contribution < -0.4 is 5.32 Å². The molecule has 2 fully saturated rings. The molecule has 1 N–H and O–H groups in total. The number of carbonyl (C=O) groups excluding carboxylic acids is 2. The number of piperidine rings is 1. The molecule has 2 aromatic carbocycles. The molecular formula is C27H30N2O2. The molecule has 0 unspecified atom stereocenters. The van der Waals surface area contributed by atoms with E-state index in [-0.39, 0.29) is 11.8 Å². The van der Waals surface area contributed by atoms with Gasteiger partial charge in [-0.25, -0.2) is 0 Å². The van der Waals surface area contributed by atoms with Crippen LogP contribution in [0, 0.1) is 19.3 Å². The Labute approximate surface area is 185 Å². The van der Waals surface area contributed by atoms with Gasteiger partial charge < -0.3 is 10.2 Å². The summed E-state index contributed by atoms with van der Waals surface area (Å²) in [6, 6.07) is 12.1. The summed E-state index contributed by atoms with van der Waals surface area (Å²) in [5.41, 5.74) is 5.54. The number of terminal acetylenes is 1. The van der Waals surface area contributed by atoms with Gasteiger partial charge in [0.2, 0.25) is 0 Å². The monoisotopic (exact) mass is 414 g/mol. The first kappa shape index (κ1) is 21.2. The molecule has 4 nitrogen and oxygen atoms in total. The van der Waals surface area contributed by atoms with Gasteiger partial charge in [-0.15, -0.1) is 6.42 Å². The highest BCUT2D eigenvalue weighted by molar-refractivity contribution is 6.01. The molecular weight excluding hydrogens is 384 g/mol. The Bertz CT molecular complexity index is 1020. The van der Waals surface area contributed by atoms with Gasteiger partial charge in [0.05, 0.1) is 0 Å². The fraction of sp³-hybridized carbons (Fsp3) is 0.407. The number of likely N-dealkylation sites (tertiary alicyclic amines) is 1. The van der Waals surface area contributed by atoms with Crippen LogP contribution in [0.4, 0.5) is 0 Å². The van der Waals surface area contributed by atoms with E-state index in [1.165, 1.54) is 12.0 Å². The minimum atomic E-state index is -0.106. The van der Waals surface area contributed by atoms with Crippen molar-refractivity contribution >= 4 is 11.8 Å². The summed E-state index contributed by atoms with van der Waals surface area (Å²) in [4.78, 5) is 27.8. The number of nitrogens with one attached hydrogen (secondary N) is 1. The van der Waals surface area contributed by atoms with Gasteiger partial charge in [0.15, 0.2) is 0 Å². The van der Waals surface area contributed by atoms with Crippen molar-refractivity contribution in [2.24, 2.45) is 0 Å². The van der Waals surface area contributed by atoms with Crippen molar-refractivity contribution in [2.75, 3.05) is 20.1 Å². The van der Waals surface area contributed by atoms with E-state index in [1.807, 2.05) is 30.0 Å². The molecule has 0 aromatic heterocycles. The number of rotatable bonds is 4.